The molecule has 21 heavy (non-hydrogen) atoms. The molecule has 1 heterocycles. The zero-order valence-electron chi connectivity index (χ0n) is 12.4. The summed E-state index contributed by atoms with van der Waals surface area (Å²) in [5, 5.41) is 12.3. The molecule has 0 saturated carbocycles. The molecule has 4 nitrogen and oxygen atoms in total. The number of para-hydroxylation sites is 1. The van der Waals surface area contributed by atoms with Crippen molar-refractivity contribution in [3.8, 4) is 0 Å². The lowest BCUT2D eigenvalue weighted by Gasteiger charge is -2.32. The van der Waals surface area contributed by atoms with E-state index in [1.165, 1.54) is 6.07 Å². The van der Waals surface area contributed by atoms with Crippen LogP contribution in [0.3, 0.4) is 0 Å². The van der Waals surface area contributed by atoms with Gasteiger partial charge in [0.15, 0.2) is 0 Å². The summed E-state index contributed by atoms with van der Waals surface area (Å²) >= 11 is 0. The van der Waals surface area contributed by atoms with Crippen LogP contribution in [0.25, 0.3) is 0 Å². The quantitative estimate of drug-likeness (QED) is 0.877. The summed E-state index contributed by atoms with van der Waals surface area (Å²) in [6.07, 6.45) is 2.67. The van der Waals surface area contributed by atoms with E-state index in [0.717, 1.165) is 19.3 Å². The van der Waals surface area contributed by atoms with Crippen molar-refractivity contribution in [3.05, 3.63) is 29.6 Å². The van der Waals surface area contributed by atoms with Crippen molar-refractivity contribution in [1.29, 1.82) is 0 Å². The van der Waals surface area contributed by atoms with Gasteiger partial charge in [-0.15, -0.1) is 0 Å². The first-order valence-corrected chi connectivity index (χ1v) is 7.59. The molecule has 1 unspecified atom stereocenters. The standard InChI is InChI=1S/C16H23FN2O2/c1-2-8-18-15-13(6-3-7-14(15)17)16(21)19-9-4-5-12(10-19)11-20/h3,6-7,12,18,20H,2,4-5,8-11H2,1H3. The molecule has 0 radical (unpaired) electrons. The van der Waals surface area contributed by atoms with E-state index in [-0.39, 0.29) is 24.1 Å². The van der Waals surface area contributed by atoms with Crippen molar-refractivity contribution >= 4 is 11.6 Å². The first kappa shape index (κ1) is 15.8. The molecule has 0 bridgehead atoms. The molecule has 2 rings (SSSR count). The Bertz CT molecular complexity index is 493. The first-order valence-electron chi connectivity index (χ1n) is 7.59. The number of nitrogens with one attached hydrogen (secondary N) is 1. The second-order valence-electron chi connectivity index (χ2n) is 5.53. The number of aliphatic hydroxyl groups is 1. The molecule has 116 valence electrons. The Morgan fingerprint density at radius 1 is 1.52 bits per heavy atom. The summed E-state index contributed by atoms with van der Waals surface area (Å²) in [6.45, 7) is 3.91. The molecule has 0 aromatic heterocycles. The molecule has 1 aromatic carbocycles. The summed E-state index contributed by atoms with van der Waals surface area (Å²) in [5.74, 6) is -0.431. The second-order valence-corrected chi connectivity index (χ2v) is 5.53. The van der Waals surface area contributed by atoms with Gasteiger partial charge in [-0.2, -0.15) is 0 Å². The minimum absolute atomic E-state index is 0.0911. The third kappa shape index (κ3) is 3.73. The van der Waals surface area contributed by atoms with Crippen LogP contribution in [0.15, 0.2) is 18.2 Å². The second kappa shape index (κ2) is 7.41. The molecular weight excluding hydrogens is 271 g/mol. The van der Waals surface area contributed by atoms with E-state index >= 15 is 0 Å². The Balaban J connectivity index is 2.20. The van der Waals surface area contributed by atoms with E-state index in [9.17, 15) is 14.3 Å². The van der Waals surface area contributed by atoms with E-state index in [4.69, 9.17) is 0 Å². The van der Waals surface area contributed by atoms with E-state index in [1.807, 2.05) is 6.92 Å². The summed E-state index contributed by atoms with van der Waals surface area (Å²) in [6, 6.07) is 4.58. The monoisotopic (exact) mass is 294 g/mol. The number of rotatable bonds is 5. The van der Waals surface area contributed by atoms with Gasteiger partial charge in [-0.1, -0.05) is 13.0 Å². The lowest BCUT2D eigenvalue weighted by atomic mass is 9.98. The van der Waals surface area contributed by atoms with Crippen LogP contribution in [0.1, 0.15) is 36.5 Å². The molecule has 1 aliphatic rings. The minimum atomic E-state index is -0.398. The largest absolute Gasteiger partial charge is 0.396 e. The number of halogens is 1. The number of benzene rings is 1. The molecular formula is C16H23FN2O2. The van der Waals surface area contributed by atoms with Crippen molar-refractivity contribution in [2.45, 2.75) is 26.2 Å². The van der Waals surface area contributed by atoms with E-state index < -0.39 is 5.82 Å². The van der Waals surface area contributed by atoms with Gasteiger partial charge in [-0.3, -0.25) is 4.79 Å². The lowest BCUT2D eigenvalue weighted by molar-refractivity contribution is 0.0621. The summed E-state index contributed by atoms with van der Waals surface area (Å²) in [7, 11) is 0. The Kier molecular flexibility index (Phi) is 5.56. The topological polar surface area (TPSA) is 52.6 Å². The molecule has 1 aromatic rings. The number of carbonyl (C=O) groups excluding carboxylic acids is 1. The highest BCUT2D eigenvalue weighted by Crippen LogP contribution is 2.24. The zero-order valence-corrected chi connectivity index (χ0v) is 12.4. The van der Waals surface area contributed by atoms with Crippen molar-refractivity contribution < 1.29 is 14.3 Å². The summed E-state index contributed by atoms with van der Waals surface area (Å²) in [5.41, 5.74) is 0.664. The third-order valence-electron chi connectivity index (χ3n) is 3.86. The molecule has 1 fully saturated rings. The van der Waals surface area contributed by atoms with Crippen LogP contribution in [-0.4, -0.2) is 42.2 Å². The van der Waals surface area contributed by atoms with Crippen molar-refractivity contribution in [3.63, 3.8) is 0 Å². The van der Waals surface area contributed by atoms with Crippen LogP contribution in [0.4, 0.5) is 10.1 Å². The number of anilines is 1. The molecule has 1 atom stereocenters. The van der Waals surface area contributed by atoms with Crippen molar-refractivity contribution in [2.24, 2.45) is 5.92 Å². The SMILES string of the molecule is CCCNc1c(F)cccc1C(=O)N1CCCC(CO)C1. The van der Waals surface area contributed by atoms with Crippen LogP contribution >= 0.6 is 0 Å². The Morgan fingerprint density at radius 2 is 2.33 bits per heavy atom. The summed E-state index contributed by atoms with van der Waals surface area (Å²) < 4.78 is 14.0. The fraction of sp³-hybridized carbons (Fsp3) is 0.562. The van der Waals surface area contributed by atoms with Crippen LogP contribution in [0, 0.1) is 11.7 Å². The minimum Gasteiger partial charge on any atom is -0.396 e. The van der Waals surface area contributed by atoms with Crippen molar-refractivity contribution in [2.75, 3.05) is 31.6 Å². The fourth-order valence-corrected chi connectivity index (χ4v) is 2.70. The smallest absolute Gasteiger partial charge is 0.256 e. The molecule has 0 aliphatic carbocycles. The molecule has 2 N–H and O–H groups in total. The third-order valence-corrected chi connectivity index (χ3v) is 3.86. The molecule has 0 spiro atoms. The van der Waals surface area contributed by atoms with Crippen LogP contribution < -0.4 is 5.32 Å². The highest BCUT2D eigenvalue weighted by molar-refractivity contribution is 5.99. The van der Waals surface area contributed by atoms with Gasteiger partial charge in [0.05, 0.1) is 11.3 Å². The average molecular weight is 294 g/mol. The Labute approximate surface area is 125 Å². The molecule has 1 amide bonds. The van der Waals surface area contributed by atoms with Gasteiger partial charge in [0.2, 0.25) is 0 Å². The predicted octanol–water partition coefficient (Wildman–Crippen LogP) is 2.49. The first-order chi connectivity index (χ1) is 10.2. The maximum Gasteiger partial charge on any atom is 0.256 e. The van der Waals surface area contributed by atoms with Crippen LogP contribution in [-0.2, 0) is 0 Å². The number of amides is 1. The van der Waals surface area contributed by atoms with E-state index in [0.29, 0.717) is 25.2 Å². The molecule has 1 saturated heterocycles. The highest BCUT2D eigenvalue weighted by Gasteiger charge is 2.26. The van der Waals surface area contributed by atoms with E-state index in [1.54, 1.807) is 17.0 Å². The number of hydrogen-bond acceptors (Lipinski definition) is 3. The van der Waals surface area contributed by atoms with Gasteiger partial charge in [-0.05, 0) is 37.3 Å². The molecule has 1 aliphatic heterocycles. The maximum absolute atomic E-state index is 14.0. The average Bonchev–Trinajstić information content (AvgIpc) is 2.53. The van der Waals surface area contributed by atoms with Gasteiger partial charge in [0.25, 0.3) is 5.91 Å². The van der Waals surface area contributed by atoms with E-state index in [2.05, 4.69) is 5.32 Å². The highest BCUT2D eigenvalue weighted by atomic mass is 19.1. The van der Waals surface area contributed by atoms with Gasteiger partial charge in [0, 0.05) is 26.2 Å². The number of nitrogens with zero attached hydrogens (tertiary/aromatic N) is 1. The van der Waals surface area contributed by atoms with Gasteiger partial charge in [-0.25, -0.2) is 4.39 Å². The number of hydrogen-bond donors (Lipinski definition) is 2. The van der Waals surface area contributed by atoms with Crippen LogP contribution in [0.5, 0.6) is 0 Å². The maximum atomic E-state index is 14.0. The van der Waals surface area contributed by atoms with Crippen LogP contribution in [0.2, 0.25) is 0 Å². The van der Waals surface area contributed by atoms with Crippen molar-refractivity contribution in [1.82, 2.24) is 4.90 Å². The number of aliphatic hydroxyl groups excluding tert-OH is 1. The normalized spacial score (nSPS) is 18.6. The number of likely N-dealkylation sites (tertiary alicyclic amines) is 1. The molecule has 5 heteroatoms. The Morgan fingerprint density at radius 3 is 3.05 bits per heavy atom. The van der Waals surface area contributed by atoms with Gasteiger partial charge in [0.1, 0.15) is 5.82 Å². The van der Waals surface area contributed by atoms with Gasteiger partial charge < -0.3 is 15.3 Å². The predicted molar refractivity (Wildman–Crippen MR) is 80.9 cm³/mol. The fourth-order valence-electron chi connectivity index (χ4n) is 2.70. The number of piperidine rings is 1. The lowest BCUT2D eigenvalue weighted by Crippen LogP contribution is -2.41. The zero-order chi connectivity index (χ0) is 15.2. The van der Waals surface area contributed by atoms with Gasteiger partial charge >= 0.3 is 0 Å². The summed E-state index contributed by atoms with van der Waals surface area (Å²) in [4.78, 5) is 14.4. The Hall–Kier alpha value is -1.62. The number of carbonyl (C=O) groups is 1.